The van der Waals surface area contributed by atoms with Crippen LogP contribution in [0.25, 0.3) is 6.08 Å². The fourth-order valence-corrected chi connectivity index (χ4v) is 3.73. The van der Waals surface area contributed by atoms with Crippen LogP contribution < -0.4 is 10.1 Å². The number of hydrogen-bond acceptors (Lipinski definition) is 7. The molecular formula is C22H18ClFN2O6S. The van der Waals surface area contributed by atoms with Crippen molar-refractivity contribution in [3.63, 3.8) is 0 Å². The van der Waals surface area contributed by atoms with Gasteiger partial charge < -0.3 is 14.8 Å². The number of nitrogens with zero attached hydrogens (tertiary/aromatic N) is 1. The standard InChI is InChI=1S/C22H18ClFN2O6S/c1-2-31-20(28)12-32-15-6-3-13(4-7-15)9-18-21(29)26(22(30)33-18)11-19(27)25-14-5-8-17(24)16(23)10-14/h3-10H,2,11-12H2,1H3,(H,25,27)/b18-9-. The summed E-state index contributed by atoms with van der Waals surface area (Å²) in [4.78, 5) is 49.4. The van der Waals surface area contributed by atoms with Crippen LogP contribution in [0.1, 0.15) is 12.5 Å². The summed E-state index contributed by atoms with van der Waals surface area (Å²) in [6.07, 6.45) is 1.51. The van der Waals surface area contributed by atoms with Crippen LogP contribution >= 0.6 is 23.4 Å². The van der Waals surface area contributed by atoms with Gasteiger partial charge in [0.25, 0.3) is 11.1 Å². The molecule has 1 N–H and O–H groups in total. The van der Waals surface area contributed by atoms with E-state index in [0.29, 0.717) is 23.1 Å². The number of carbonyl (C=O) groups is 4. The molecule has 11 heteroatoms. The van der Waals surface area contributed by atoms with Gasteiger partial charge in [-0.25, -0.2) is 9.18 Å². The van der Waals surface area contributed by atoms with Crippen LogP contribution in [-0.4, -0.2) is 47.7 Å². The zero-order chi connectivity index (χ0) is 24.0. The Labute approximate surface area is 197 Å². The molecule has 2 aromatic rings. The SMILES string of the molecule is CCOC(=O)COc1ccc(/C=C2\SC(=O)N(CC(=O)Nc3ccc(F)c(Cl)c3)C2=O)cc1. The fraction of sp³-hybridized carbons (Fsp3) is 0.182. The molecule has 0 spiro atoms. The number of imide groups is 1. The van der Waals surface area contributed by atoms with Crippen LogP contribution in [0, 0.1) is 5.82 Å². The smallest absolute Gasteiger partial charge is 0.344 e. The van der Waals surface area contributed by atoms with Crippen molar-refractivity contribution in [1.29, 1.82) is 0 Å². The van der Waals surface area contributed by atoms with Crippen LogP contribution in [0.5, 0.6) is 5.75 Å². The number of anilines is 1. The molecule has 1 heterocycles. The first-order valence-corrected chi connectivity index (χ1v) is 10.8. The van der Waals surface area contributed by atoms with E-state index < -0.39 is 35.4 Å². The molecule has 3 amide bonds. The Balaban J connectivity index is 1.60. The Bertz CT molecular complexity index is 1120. The van der Waals surface area contributed by atoms with Gasteiger partial charge in [-0.2, -0.15) is 0 Å². The van der Waals surface area contributed by atoms with Gasteiger partial charge in [-0.3, -0.25) is 19.3 Å². The second-order valence-electron chi connectivity index (χ2n) is 6.61. The minimum Gasteiger partial charge on any atom is -0.482 e. The highest BCUT2D eigenvalue weighted by atomic mass is 35.5. The van der Waals surface area contributed by atoms with E-state index in [1.165, 1.54) is 18.2 Å². The molecule has 2 aromatic carbocycles. The van der Waals surface area contributed by atoms with Gasteiger partial charge >= 0.3 is 5.97 Å². The predicted molar refractivity (Wildman–Crippen MR) is 121 cm³/mol. The number of carbonyl (C=O) groups excluding carboxylic acids is 4. The number of benzene rings is 2. The number of nitrogens with one attached hydrogen (secondary N) is 1. The molecule has 1 aliphatic rings. The highest BCUT2D eigenvalue weighted by Gasteiger charge is 2.36. The van der Waals surface area contributed by atoms with Crippen molar-refractivity contribution in [3.8, 4) is 5.75 Å². The van der Waals surface area contributed by atoms with Crippen LogP contribution in [-0.2, 0) is 19.1 Å². The van der Waals surface area contributed by atoms with E-state index in [4.69, 9.17) is 21.1 Å². The molecule has 0 bridgehead atoms. The molecule has 1 fully saturated rings. The summed E-state index contributed by atoms with van der Waals surface area (Å²) in [5.41, 5.74) is 0.855. The quantitative estimate of drug-likeness (QED) is 0.437. The molecule has 0 saturated carbocycles. The number of hydrogen-bond donors (Lipinski definition) is 1. The maximum Gasteiger partial charge on any atom is 0.344 e. The maximum atomic E-state index is 13.2. The summed E-state index contributed by atoms with van der Waals surface area (Å²) in [6.45, 7) is 1.23. The van der Waals surface area contributed by atoms with Crippen molar-refractivity contribution in [2.75, 3.05) is 25.1 Å². The number of halogens is 2. The van der Waals surface area contributed by atoms with Gasteiger partial charge in [-0.1, -0.05) is 23.7 Å². The van der Waals surface area contributed by atoms with Gasteiger partial charge in [0.05, 0.1) is 16.5 Å². The summed E-state index contributed by atoms with van der Waals surface area (Å²) < 4.78 is 23.3. The first-order chi connectivity index (χ1) is 15.8. The minimum absolute atomic E-state index is 0.151. The number of esters is 1. The first-order valence-electron chi connectivity index (χ1n) is 9.65. The third kappa shape index (κ3) is 6.56. The first kappa shape index (κ1) is 24.3. The molecule has 0 atom stereocenters. The highest BCUT2D eigenvalue weighted by molar-refractivity contribution is 8.18. The number of thioether (sulfide) groups is 1. The second kappa shape index (κ2) is 11.0. The van der Waals surface area contributed by atoms with Gasteiger partial charge in [0.15, 0.2) is 6.61 Å². The van der Waals surface area contributed by atoms with Gasteiger partial charge in [-0.05, 0) is 60.7 Å². The van der Waals surface area contributed by atoms with Crippen molar-refractivity contribution in [2.24, 2.45) is 0 Å². The molecule has 0 aliphatic carbocycles. The number of amides is 3. The topological polar surface area (TPSA) is 102 Å². The van der Waals surface area contributed by atoms with Crippen LogP contribution in [0.3, 0.4) is 0 Å². The molecule has 0 unspecified atom stereocenters. The average molecular weight is 493 g/mol. The lowest BCUT2D eigenvalue weighted by Crippen LogP contribution is -2.36. The maximum absolute atomic E-state index is 13.2. The summed E-state index contributed by atoms with van der Waals surface area (Å²) in [6, 6.07) is 10.1. The Morgan fingerprint density at radius 3 is 2.58 bits per heavy atom. The van der Waals surface area contributed by atoms with E-state index in [9.17, 15) is 23.6 Å². The zero-order valence-corrected chi connectivity index (χ0v) is 18.9. The Kier molecular flexibility index (Phi) is 8.07. The third-order valence-corrected chi connectivity index (χ3v) is 5.42. The van der Waals surface area contributed by atoms with E-state index in [0.717, 1.165) is 11.0 Å². The largest absolute Gasteiger partial charge is 0.482 e. The van der Waals surface area contributed by atoms with Crippen molar-refractivity contribution < 1.29 is 33.0 Å². The number of rotatable bonds is 8. The normalized spacial score (nSPS) is 14.5. The summed E-state index contributed by atoms with van der Waals surface area (Å²) >= 11 is 6.39. The van der Waals surface area contributed by atoms with E-state index in [1.54, 1.807) is 31.2 Å². The van der Waals surface area contributed by atoms with E-state index >= 15 is 0 Å². The van der Waals surface area contributed by atoms with Gasteiger partial charge in [0, 0.05) is 5.69 Å². The summed E-state index contributed by atoms with van der Waals surface area (Å²) in [5, 5.41) is 1.71. The number of ether oxygens (including phenoxy) is 2. The van der Waals surface area contributed by atoms with Gasteiger partial charge in [-0.15, -0.1) is 0 Å². The summed E-state index contributed by atoms with van der Waals surface area (Å²) in [7, 11) is 0. The van der Waals surface area contributed by atoms with Gasteiger partial charge in [0.2, 0.25) is 5.91 Å². The lowest BCUT2D eigenvalue weighted by Gasteiger charge is -2.12. The Morgan fingerprint density at radius 1 is 1.18 bits per heavy atom. The lowest BCUT2D eigenvalue weighted by molar-refractivity contribution is -0.145. The van der Waals surface area contributed by atoms with Crippen LogP contribution in [0.4, 0.5) is 14.9 Å². The molecule has 1 saturated heterocycles. The molecule has 1 aliphatic heterocycles. The van der Waals surface area contributed by atoms with Crippen molar-refractivity contribution in [3.05, 3.63) is 63.8 Å². The zero-order valence-electron chi connectivity index (χ0n) is 17.3. The van der Waals surface area contributed by atoms with Gasteiger partial charge in [0.1, 0.15) is 18.1 Å². The van der Waals surface area contributed by atoms with E-state index in [2.05, 4.69) is 5.32 Å². The lowest BCUT2D eigenvalue weighted by atomic mass is 10.2. The summed E-state index contributed by atoms with van der Waals surface area (Å²) in [5.74, 6) is -1.93. The van der Waals surface area contributed by atoms with E-state index in [-0.39, 0.29) is 28.8 Å². The van der Waals surface area contributed by atoms with E-state index in [1.807, 2.05) is 0 Å². The van der Waals surface area contributed by atoms with Crippen LogP contribution in [0.15, 0.2) is 47.4 Å². The van der Waals surface area contributed by atoms with Crippen molar-refractivity contribution >= 4 is 58.1 Å². The Hall–Kier alpha value is -3.37. The Morgan fingerprint density at radius 2 is 1.91 bits per heavy atom. The molecular weight excluding hydrogens is 475 g/mol. The minimum atomic E-state index is -0.635. The third-order valence-electron chi connectivity index (χ3n) is 4.22. The molecule has 3 rings (SSSR count). The van der Waals surface area contributed by atoms with Crippen molar-refractivity contribution in [1.82, 2.24) is 4.90 Å². The molecule has 0 aromatic heterocycles. The molecule has 8 nitrogen and oxygen atoms in total. The highest BCUT2D eigenvalue weighted by Crippen LogP contribution is 2.32. The average Bonchev–Trinajstić information content (AvgIpc) is 3.03. The molecule has 33 heavy (non-hydrogen) atoms. The second-order valence-corrected chi connectivity index (χ2v) is 8.01. The molecule has 172 valence electrons. The fourth-order valence-electron chi connectivity index (χ4n) is 2.71. The van der Waals surface area contributed by atoms with Crippen LogP contribution in [0.2, 0.25) is 5.02 Å². The monoisotopic (exact) mass is 492 g/mol. The van der Waals surface area contributed by atoms with Crippen molar-refractivity contribution in [2.45, 2.75) is 6.92 Å². The predicted octanol–water partition coefficient (Wildman–Crippen LogP) is 4.10. The molecule has 0 radical (unpaired) electrons.